The smallest absolute Gasteiger partial charge is 0.431 e. The van der Waals surface area contributed by atoms with Crippen LogP contribution in [-0.4, -0.2) is 36.8 Å². The average molecular weight is 290 g/mol. The highest BCUT2D eigenvalue weighted by atomic mass is 19.4. The second-order valence-electron chi connectivity index (χ2n) is 4.61. The zero-order valence-corrected chi connectivity index (χ0v) is 10.7. The van der Waals surface area contributed by atoms with Crippen LogP contribution in [0, 0.1) is 11.8 Å². The number of nitrogens with zero attached hydrogens (tertiary/aromatic N) is 1. The number of nitrogens with two attached hydrogens (primary N) is 1. The van der Waals surface area contributed by atoms with Gasteiger partial charge in [-0.1, -0.05) is 0 Å². The molecule has 2 fully saturated rings. The Morgan fingerprint density at radius 3 is 2.65 bits per heavy atom. The van der Waals surface area contributed by atoms with Crippen LogP contribution in [0.25, 0.3) is 0 Å². The van der Waals surface area contributed by atoms with Crippen molar-refractivity contribution < 1.29 is 27.5 Å². The number of fused-ring (bicyclic) bond motifs is 1. The fourth-order valence-electron chi connectivity index (χ4n) is 2.28. The fourth-order valence-corrected chi connectivity index (χ4v) is 2.28. The highest BCUT2D eigenvalue weighted by Gasteiger charge is 2.58. The molecule has 0 aromatic carbocycles. The topological polar surface area (TPSA) is 81.8 Å². The van der Waals surface area contributed by atoms with E-state index >= 15 is 0 Å². The van der Waals surface area contributed by atoms with Gasteiger partial charge in [-0.25, -0.2) is 0 Å². The van der Waals surface area contributed by atoms with Crippen molar-refractivity contribution in [3.63, 3.8) is 0 Å². The Morgan fingerprint density at radius 2 is 2.10 bits per heavy atom. The standard InChI is InChI=1S/C12H13F3N2O3/c1-2-20-7(18)4-17-9-8(11(16)12(13,14)15)5-3-6(5)10(9)19/h5-6H,2-4,16H2,1H3/t5?,6-/m1/s1. The van der Waals surface area contributed by atoms with Crippen LogP contribution in [0.15, 0.2) is 16.3 Å². The van der Waals surface area contributed by atoms with Crippen molar-refractivity contribution in [3.8, 4) is 0 Å². The minimum atomic E-state index is -4.71. The van der Waals surface area contributed by atoms with Gasteiger partial charge in [-0.2, -0.15) is 13.2 Å². The molecule has 2 aliphatic carbocycles. The Labute approximate surface area is 112 Å². The molecular weight excluding hydrogens is 277 g/mol. The monoisotopic (exact) mass is 290 g/mol. The van der Waals surface area contributed by atoms with Crippen molar-refractivity contribution in [3.05, 3.63) is 11.3 Å². The van der Waals surface area contributed by atoms with E-state index in [1.54, 1.807) is 6.92 Å². The number of ether oxygens (including phenoxy) is 1. The van der Waals surface area contributed by atoms with Gasteiger partial charge in [0.15, 0.2) is 5.78 Å². The molecule has 2 aliphatic rings. The summed E-state index contributed by atoms with van der Waals surface area (Å²) in [6, 6.07) is 0. The number of aliphatic imine (C=N–C) groups is 1. The average Bonchev–Trinajstić information content (AvgIpc) is 3.07. The lowest BCUT2D eigenvalue weighted by molar-refractivity contribution is -0.141. The summed E-state index contributed by atoms with van der Waals surface area (Å²) in [6.45, 7) is 1.24. The first-order valence-corrected chi connectivity index (χ1v) is 6.08. The number of Topliss-reactive ketones (excluding diaryl/α,β-unsaturated/α-hetero) is 1. The molecule has 0 aromatic heterocycles. The first kappa shape index (κ1) is 14.5. The zero-order chi connectivity index (χ0) is 15.1. The van der Waals surface area contributed by atoms with E-state index in [9.17, 15) is 22.8 Å². The number of alkyl halides is 3. The maximum atomic E-state index is 12.7. The summed E-state index contributed by atoms with van der Waals surface area (Å²) in [4.78, 5) is 26.7. The summed E-state index contributed by atoms with van der Waals surface area (Å²) in [5.41, 5.74) is 3.21. The lowest BCUT2D eigenvalue weighted by Crippen LogP contribution is -2.26. The molecule has 0 radical (unpaired) electrons. The molecule has 0 spiro atoms. The number of ketones is 1. The van der Waals surface area contributed by atoms with Gasteiger partial charge in [0.1, 0.15) is 18.0 Å². The number of hydrogen-bond donors (Lipinski definition) is 1. The number of carbonyl (C=O) groups excluding carboxylic acids is 2. The van der Waals surface area contributed by atoms with Crippen molar-refractivity contribution in [2.75, 3.05) is 13.2 Å². The Bertz CT molecular complexity index is 523. The van der Waals surface area contributed by atoms with Gasteiger partial charge in [0.25, 0.3) is 0 Å². The van der Waals surface area contributed by atoms with Gasteiger partial charge in [0.2, 0.25) is 0 Å². The van der Waals surface area contributed by atoms with E-state index in [0.717, 1.165) is 0 Å². The van der Waals surface area contributed by atoms with E-state index in [1.165, 1.54) is 0 Å². The second kappa shape index (κ2) is 4.92. The van der Waals surface area contributed by atoms with Gasteiger partial charge in [-0.15, -0.1) is 0 Å². The molecule has 0 aliphatic heterocycles. The lowest BCUT2D eigenvalue weighted by atomic mass is 10.1. The summed E-state index contributed by atoms with van der Waals surface area (Å²) >= 11 is 0. The molecule has 2 atom stereocenters. The fraction of sp³-hybridized carbons (Fsp3) is 0.583. The van der Waals surface area contributed by atoms with Gasteiger partial charge < -0.3 is 10.5 Å². The van der Waals surface area contributed by atoms with Crippen molar-refractivity contribution in [1.82, 2.24) is 0 Å². The third-order valence-electron chi connectivity index (χ3n) is 3.25. The van der Waals surface area contributed by atoms with E-state index in [0.29, 0.717) is 6.42 Å². The molecule has 0 amide bonds. The van der Waals surface area contributed by atoms with Crippen LogP contribution in [0.4, 0.5) is 13.2 Å². The van der Waals surface area contributed by atoms with E-state index < -0.39 is 42.0 Å². The normalized spacial score (nSPS) is 29.4. The predicted molar refractivity (Wildman–Crippen MR) is 62.8 cm³/mol. The van der Waals surface area contributed by atoms with Crippen LogP contribution in [0.5, 0.6) is 0 Å². The van der Waals surface area contributed by atoms with Gasteiger partial charge in [-0.3, -0.25) is 14.6 Å². The van der Waals surface area contributed by atoms with Crippen molar-refractivity contribution >= 4 is 17.5 Å². The van der Waals surface area contributed by atoms with Crippen LogP contribution in [0.3, 0.4) is 0 Å². The van der Waals surface area contributed by atoms with Crippen LogP contribution in [0.2, 0.25) is 0 Å². The molecule has 0 bridgehead atoms. The Kier molecular flexibility index (Phi) is 3.58. The maximum Gasteiger partial charge on any atom is 0.431 e. The summed E-state index contributed by atoms with van der Waals surface area (Å²) in [6.07, 6.45) is -4.35. The lowest BCUT2D eigenvalue weighted by Gasteiger charge is -2.12. The number of carbonyl (C=O) groups is 2. The number of esters is 1. The summed E-state index contributed by atoms with van der Waals surface area (Å²) < 4.78 is 42.6. The third kappa shape index (κ3) is 2.54. The van der Waals surface area contributed by atoms with E-state index in [4.69, 9.17) is 5.73 Å². The van der Waals surface area contributed by atoms with Crippen molar-refractivity contribution in [2.24, 2.45) is 22.6 Å². The summed E-state index contributed by atoms with van der Waals surface area (Å²) in [7, 11) is 0. The largest absolute Gasteiger partial charge is 0.465 e. The summed E-state index contributed by atoms with van der Waals surface area (Å²) in [5.74, 6) is -2.14. The highest BCUT2D eigenvalue weighted by molar-refractivity contribution is 6.51. The minimum Gasteiger partial charge on any atom is -0.465 e. The van der Waals surface area contributed by atoms with Crippen molar-refractivity contribution in [2.45, 2.75) is 19.5 Å². The molecule has 0 saturated heterocycles. The van der Waals surface area contributed by atoms with Crippen LogP contribution in [-0.2, 0) is 14.3 Å². The third-order valence-corrected chi connectivity index (χ3v) is 3.25. The zero-order valence-electron chi connectivity index (χ0n) is 10.7. The molecule has 5 nitrogen and oxygen atoms in total. The van der Waals surface area contributed by atoms with Crippen LogP contribution in [0.1, 0.15) is 13.3 Å². The molecule has 0 aromatic rings. The Balaban J connectivity index is 2.29. The molecule has 0 heterocycles. The molecule has 1 unspecified atom stereocenters. The molecule has 2 saturated carbocycles. The van der Waals surface area contributed by atoms with Crippen molar-refractivity contribution in [1.29, 1.82) is 0 Å². The number of rotatable bonds is 3. The minimum absolute atomic E-state index is 0.135. The predicted octanol–water partition coefficient (Wildman–Crippen LogP) is 0.984. The Morgan fingerprint density at radius 1 is 1.45 bits per heavy atom. The van der Waals surface area contributed by atoms with Gasteiger partial charge in [0.05, 0.1) is 6.61 Å². The molecular formula is C12H13F3N2O3. The molecule has 2 rings (SSSR count). The van der Waals surface area contributed by atoms with Crippen LogP contribution >= 0.6 is 0 Å². The van der Waals surface area contributed by atoms with E-state index in [-0.39, 0.29) is 17.9 Å². The van der Waals surface area contributed by atoms with Gasteiger partial charge >= 0.3 is 12.1 Å². The van der Waals surface area contributed by atoms with Gasteiger partial charge in [0, 0.05) is 11.5 Å². The maximum absolute atomic E-state index is 12.7. The SMILES string of the molecule is CCOC(=O)CN=C1C(=O)[C@@H]2CC2C1=C(N)C(F)(F)F. The number of halogens is 3. The second-order valence-corrected chi connectivity index (χ2v) is 4.61. The molecule has 110 valence electrons. The van der Waals surface area contributed by atoms with E-state index in [1.807, 2.05) is 0 Å². The van der Waals surface area contributed by atoms with E-state index in [2.05, 4.69) is 9.73 Å². The highest BCUT2D eigenvalue weighted by Crippen LogP contribution is 2.53. The quantitative estimate of drug-likeness (QED) is 0.786. The van der Waals surface area contributed by atoms with Gasteiger partial charge in [-0.05, 0) is 19.3 Å². The number of hydrogen-bond acceptors (Lipinski definition) is 5. The first-order chi connectivity index (χ1) is 9.27. The Hall–Kier alpha value is -1.86. The number of allylic oxidation sites excluding steroid dienone is 2. The van der Waals surface area contributed by atoms with Crippen LogP contribution < -0.4 is 5.73 Å². The summed E-state index contributed by atoms with van der Waals surface area (Å²) in [5, 5.41) is 0. The molecule has 8 heteroatoms. The molecule has 20 heavy (non-hydrogen) atoms. The first-order valence-electron chi connectivity index (χ1n) is 6.08. The molecule has 2 N–H and O–H groups in total.